The number of rotatable bonds is 3. The van der Waals surface area contributed by atoms with E-state index in [9.17, 15) is 5.11 Å². The molecule has 0 bridgehead atoms. The minimum absolute atomic E-state index is 0.194. The van der Waals surface area contributed by atoms with Gasteiger partial charge in [0.15, 0.2) is 0 Å². The third kappa shape index (κ3) is 2.26. The molecule has 1 fully saturated rings. The second-order valence-corrected chi connectivity index (χ2v) is 5.04. The monoisotopic (exact) mass is 245 g/mol. The smallest absolute Gasteiger partial charge is 0.0706 e. The molecule has 1 aliphatic carbocycles. The van der Waals surface area contributed by atoms with Gasteiger partial charge in [-0.15, -0.1) is 0 Å². The summed E-state index contributed by atoms with van der Waals surface area (Å²) in [5.74, 6) is 0. The van der Waals surface area contributed by atoms with E-state index in [1.165, 1.54) is 12.0 Å². The molecule has 2 heterocycles. The molecule has 4 nitrogen and oxygen atoms in total. The summed E-state index contributed by atoms with van der Waals surface area (Å²) < 4.78 is 1.88. The number of nitrogens with one attached hydrogen (secondary N) is 1. The molecule has 0 radical (unpaired) electrons. The van der Waals surface area contributed by atoms with Gasteiger partial charge in [0.05, 0.1) is 17.8 Å². The second kappa shape index (κ2) is 5.08. The third-order valence-corrected chi connectivity index (χ3v) is 3.79. The van der Waals surface area contributed by atoms with Crippen molar-refractivity contribution in [1.29, 1.82) is 0 Å². The highest BCUT2D eigenvalue weighted by Crippen LogP contribution is 2.19. The van der Waals surface area contributed by atoms with E-state index in [2.05, 4.69) is 16.5 Å². The Labute approximate surface area is 107 Å². The van der Waals surface area contributed by atoms with Crippen LogP contribution in [0.25, 0.3) is 5.52 Å². The highest BCUT2D eigenvalue weighted by molar-refractivity contribution is 5.53. The summed E-state index contributed by atoms with van der Waals surface area (Å²) in [6.45, 7) is 0.773. The first-order valence-electron chi connectivity index (χ1n) is 6.67. The first-order chi connectivity index (χ1) is 8.84. The van der Waals surface area contributed by atoms with E-state index in [0.29, 0.717) is 0 Å². The molecule has 1 saturated carbocycles. The molecule has 0 aliphatic heterocycles. The summed E-state index contributed by atoms with van der Waals surface area (Å²) >= 11 is 0. The van der Waals surface area contributed by atoms with Crippen LogP contribution in [0.15, 0.2) is 30.6 Å². The Balaban J connectivity index is 1.69. The molecule has 0 saturated heterocycles. The number of aliphatic hydroxyl groups excluding tert-OH is 1. The van der Waals surface area contributed by atoms with Crippen molar-refractivity contribution in [3.05, 3.63) is 36.2 Å². The Hall–Kier alpha value is -1.39. The summed E-state index contributed by atoms with van der Waals surface area (Å²) in [6, 6.07) is 6.30. The normalized spacial score (nSPS) is 24.5. The van der Waals surface area contributed by atoms with Crippen LogP contribution in [0, 0.1) is 0 Å². The minimum Gasteiger partial charge on any atom is -0.392 e. The van der Waals surface area contributed by atoms with E-state index in [0.717, 1.165) is 31.3 Å². The Morgan fingerprint density at radius 2 is 2.22 bits per heavy atom. The Kier molecular flexibility index (Phi) is 3.30. The molecule has 1 aliphatic rings. The van der Waals surface area contributed by atoms with Crippen LogP contribution in [0.3, 0.4) is 0 Å². The lowest BCUT2D eigenvalue weighted by molar-refractivity contribution is 0.0903. The number of aliphatic hydroxyl groups is 1. The Bertz CT molecular complexity index is 522. The zero-order valence-electron chi connectivity index (χ0n) is 10.4. The SMILES string of the molecule is OC1CCCCC1NCc1cnn2ccccc12. The first kappa shape index (κ1) is 11.7. The van der Waals surface area contributed by atoms with Gasteiger partial charge in [-0.05, 0) is 25.0 Å². The van der Waals surface area contributed by atoms with Crippen LogP contribution in [-0.2, 0) is 6.54 Å². The molecule has 0 spiro atoms. The Morgan fingerprint density at radius 3 is 3.11 bits per heavy atom. The number of nitrogens with zero attached hydrogens (tertiary/aromatic N) is 2. The van der Waals surface area contributed by atoms with Gasteiger partial charge in [-0.1, -0.05) is 18.9 Å². The molecule has 2 N–H and O–H groups in total. The van der Waals surface area contributed by atoms with Gasteiger partial charge in [-0.3, -0.25) is 0 Å². The summed E-state index contributed by atoms with van der Waals surface area (Å²) in [5.41, 5.74) is 2.32. The van der Waals surface area contributed by atoms with Crippen molar-refractivity contribution < 1.29 is 5.11 Å². The van der Waals surface area contributed by atoms with Crippen LogP contribution in [0.2, 0.25) is 0 Å². The summed E-state index contributed by atoms with van der Waals surface area (Å²) in [4.78, 5) is 0. The maximum absolute atomic E-state index is 9.93. The maximum Gasteiger partial charge on any atom is 0.0706 e. The fourth-order valence-corrected chi connectivity index (χ4v) is 2.71. The molecule has 18 heavy (non-hydrogen) atoms. The van der Waals surface area contributed by atoms with E-state index < -0.39 is 0 Å². The third-order valence-electron chi connectivity index (χ3n) is 3.79. The molecule has 96 valence electrons. The van der Waals surface area contributed by atoms with Gasteiger partial charge in [-0.25, -0.2) is 4.52 Å². The van der Waals surface area contributed by atoms with Crippen LogP contribution in [0.1, 0.15) is 31.2 Å². The quantitative estimate of drug-likeness (QED) is 0.865. The van der Waals surface area contributed by atoms with E-state index in [1.807, 2.05) is 29.0 Å². The lowest BCUT2D eigenvalue weighted by Gasteiger charge is -2.28. The molecule has 2 aromatic rings. The van der Waals surface area contributed by atoms with Crippen LogP contribution < -0.4 is 5.32 Å². The molecule has 4 heteroatoms. The molecule has 2 aromatic heterocycles. The molecule has 2 atom stereocenters. The average molecular weight is 245 g/mol. The number of aromatic nitrogens is 2. The molecular weight excluding hydrogens is 226 g/mol. The standard InChI is InChI=1S/C14H19N3O/c18-14-7-2-1-5-12(14)15-9-11-10-16-17-8-4-3-6-13(11)17/h3-4,6,8,10,12,14-15,18H,1-2,5,7,9H2. The molecule has 2 unspecified atom stereocenters. The van der Waals surface area contributed by atoms with Crippen LogP contribution in [-0.4, -0.2) is 26.9 Å². The van der Waals surface area contributed by atoms with E-state index >= 15 is 0 Å². The fourth-order valence-electron chi connectivity index (χ4n) is 2.71. The van der Waals surface area contributed by atoms with Gasteiger partial charge >= 0.3 is 0 Å². The zero-order chi connectivity index (χ0) is 12.4. The van der Waals surface area contributed by atoms with Crippen LogP contribution >= 0.6 is 0 Å². The van der Waals surface area contributed by atoms with Crippen molar-refractivity contribution in [2.45, 2.75) is 44.4 Å². The van der Waals surface area contributed by atoms with Gasteiger partial charge in [0.1, 0.15) is 0 Å². The predicted octanol–water partition coefficient (Wildman–Crippen LogP) is 1.73. The van der Waals surface area contributed by atoms with Gasteiger partial charge in [-0.2, -0.15) is 5.10 Å². The second-order valence-electron chi connectivity index (χ2n) is 5.04. The van der Waals surface area contributed by atoms with Gasteiger partial charge < -0.3 is 10.4 Å². The molecule has 0 amide bonds. The summed E-state index contributed by atoms with van der Waals surface area (Å²) in [5, 5.41) is 17.7. The fraction of sp³-hybridized carbons (Fsp3) is 0.500. The van der Waals surface area contributed by atoms with Crippen molar-refractivity contribution in [2.75, 3.05) is 0 Å². The largest absolute Gasteiger partial charge is 0.392 e. The molecule has 0 aromatic carbocycles. The van der Waals surface area contributed by atoms with E-state index in [1.54, 1.807) is 0 Å². The zero-order valence-corrected chi connectivity index (χ0v) is 10.4. The highest BCUT2D eigenvalue weighted by Gasteiger charge is 2.22. The number of hydrogen-bond acceptors (Lipinski definition) is 3. The van der Waals surface area contributed by atoms with Crippen molar-refractivity contribution in [3.63, 3.8) is 0 Å². The highest BCUT2D eigenvalue weighted by atomic mass is 16.3. The Morgan fingerprint density at radius 1 is 1.33 bits per heavy atom. The van der Waals surface area contributed by atoms with Crippen molar-refractivity contribution in [2.24, 2.45) is 0 Å². The maximum atomic E-state index is 9.93. The first-order valence-corrected chi connectivity index (χ1v) is 6.67. The number of fused-ring (bicyclic) bond motifs is 1. The van der Waals surface area contributed by atoms with Crippen LogP contribution in [0.4, 0.5) is 0 Å². The van der Waals surface area contributed by atoms with E-state index in [4.69, 9.17) is 0 Å². The average Bonchev–Trinajstić information content (AvgIpc) is 2.81. The number of pyridine rings is 1. The van der Waals surface area contributed by atoms with Gasteiger partial charge in [0.25, 0.3) is 0 Å². The van der Waals surface area contributed by atoms with Crippen molar-refractivity contribution >= 4 is 5.52 Å². The summed E-state index contributed by atoms with van der Waals surface area (Å²) in [7, 11) is 0. The van der Waals surface area contributed by atoms with Gasteiger partial charge in [0.2, 0.25) is 0 Å². The topological polar surface area (TPSA) is 49.6 Å². The van der Waals surface area contributed by atoms with E-state index in [-0.39, 0.29) is 12.1 Å². The lowest BCUT2D eigenvalue weighted by atomic mass is 9.92. The predicted molar refractivity (Wildman–Crippen MR) is 70.3 cm³/mol. The lowest BCUT2D eigenvalue weighted by Crippen LogP contribution is -2.41. The van der Waals surface area contributed by atoms with Crippen molar-refractivity contribution in [3.8, 4) is 0 Å². The minimum atomic E-state index is -0.194. The van der Waals surface area contributed by atoms with Crippen LogP contribution in [0.5, 0.6) is 0 Å². The molecular formula is C14H19N3O. The molecule has 3 rings (SSSR count). The van der Waals surface area contributed by atoms with Gasteiger partial charge in [0, 0.05) is 24.3 Å². The summed E-state index contributed by atoms with van der Waals surface area (Å²) in [6.07, 6.45) is 8.01. The van der Waals surface area contributed by atoms with Crippen molar-refractivity contribution in [1.82, 2.24) is 14.9 Å². The number of hydrogen-bond donors (Lipinski definition) is 2.